The second-order valence-corrected chi connectivity index (χ2v) is 15.0. The number of amides is 1. The molecule has 3 aliphatic heterocycles. The van der Waals surface area contributed by atoms with Crippen LogP contribution in [0.25, 0.3) is 0 Å². The van der Waals surface area contributed by atoms with Crippen LogP contribution in [0, 0.1) is 12.8 Å². The molecule has 3 aromatic rings. The quantitative estimate of drug-likeness (QED) is 0.223. The van der Waals surface area contributed by atoms with E-state index in [1.54, 1.807) is 7.11 Å². The normalized spacial score (nSPS) is 25.3. The number of aryl methyl sites for hydroxylation is 1. The molecule has 4 fully saturated rings. The van der Waals surface area contributed by atoms with E-state index in [2.05, 4.69) is 39.4 Å². The summed E-state index contributed by atoms with van der Waals surface area (Å²) in [4.78, 5) is 23.9. The molecule has 1 amide bonds. The van der Waals surface area contributed by atoms with Crippen LogP contribution in [0.1, 0.15) is 66.7 Å². The second-order valence-electron chi connectivity index (χ2n) is 13.8. The van der Waals surface area contributed by atoms with Crippen molar-refractivity contribution >= 4 is 46.5 Å². The molecule has 1 N–H and O–H groups in total. The number of methoxy groups -OCH3 is 1. The molecule has 4 aliphatic rings. The number of anilines is 1. The van der Waals surface area contributed by atoms with Crippen LogP contribution >= 0.6 is 34.8 Å². The Kier molecular flexibility index (Phi) is 9.91. The van der Waals surface area contributed by atoms with Gasteiger partial charge >= 0.3 is 0 Å². The Morgan fingerprint density at radius 1 is 1.02 bits per heavy atom. The van der Waals surface area contributed by atoms with Gasteiger partial charge in [0.1, 0.15) is 11.9 Å². The predicted molar refractivity (Wildman–Crippen MR) is 188 cm³/mol. The highest BCUT2D eigenvalue weighted by molar-refractivity contribution is 6.37. The van der Waals surface area contributed by atoms with Crippen LogP contribution in [0.4, 0.5) is 5.82 Å². The minimum atomic E-state index is -0.133. The maximum Gasteiger partial charge on any atom is 0.228 e. The van der Waals surface area contributed by atoms with Crippen molar-refractivity contribution in [1.82, 2.24) is 15.2 Å². The van der Waals surface area contributed by atoms with Gasteiger partial charge in [-0.3, -0.25) is 4.79 Å². The van der Waals surface area contributed by atoms with E-state index < -0.39 is 0 Å². The molecule has 5 atom stereocenters. The SMILES string of the molecule is COCCc1ccc(Cl)c(CN(C(=O)[C@@H]2[C@@H](c3ccc(N4CC[C@@H](Oc5c(Cl)cc(C)cc5Cl)C4)nc3)C[C@@H]3CC[C@H]2N3)C2CC2)c1. The Bertz CT molecular complexity index is 1580. The summed E-state index contributed by atoms with van der Waals surface area (Å²) in [5, 5.41) is 5.57. The van der Waals surface area contributed by atoms with Crippen LogP contribution in [0.3, 0.4) is 0 Å². The van der Waals surface area contributed by atoms with E-state index in [9.17, 15) is 4.79 Å². The van der Waals surface area contributed by atoms with Crippen molar-refractivity contribution in [3.8, 4) is 5.75 Å². The van der Waals surface area contributed by atoms with Crippen molar-refractivity contribution in [1.29, 1.82) is 0 Å². The van der Waals surface area contributed by atoms with Crippen molar-refractivity contribution in [3.05, 3.63) is 86.0 Å². The highest BCUT2D eigenvalue weighted by Gasteiger charge is 2.49. The Hall–Kier alpha value is -2.55. The van der Waals surface area contributed by atoms with Crippen molar-refractivity contribution in [2.24, 2.45) is 5.92 Å². The highest BCUT2D eigenvalue weighted by Crippen LogP contribution is 2.45. The van der Waals surface area contributed by atoms with E-state index in [1.165, 1.54) is 5.56 Å². The zero-order valence-corrected chi connectivity index (χ0v) is 29.3. The zero-order chi connectivity index (χ0) is 32.7. The van der Waals surface area contributed by atoms with Crippen LogP contribution in [0.2, 0.25) is 15.1 Å². The number of benzene rings is 2. The minimum Gasteiger partial charge on any atom is -0.485 e. The van der Waals surface area contributed by atoms with Crippen LogP contribution in [0.15, 0.2) is 48.7 Å². The Morgan fingerprint density at radius 3 is 2.55 bits per heavy atom. The molecule has 1 aliphatic carbocycles. The topological polar surface area (TPSA) is 66.9 Å². The van der Waals surface area contributed by atoms with E-state index in [-0.39, 0.29) is 35.9 Å². The van der Waals surface area contributed by atoms with E-state index in [4.69, 9.17) is 49.3 Å². The molecule has 2 aromatic carbocycles. The number of rotatable bonds is 11. The number of carbonyl (C=O) groups is 1. The third-order valence-corrected chi connectivity index (χ3v) is 11.3. The van der Waals surface area contributed by atoms with Gasteiger partial charge in [-0.05, 0) is 97.9 Å². The molecule has 3 saturated heterocycles. The molecule has 47 heavy (non-hydrogen) atoms. The largest absolute Gasteiger partial charge is 0.485 e. The highest BCUT2D eigenvalue weighted by atomic mass is 35.5. The van der Waals surface area contributed by atoms with Gasteiger partial charge in [0.05, 0.1) is 29.1 Å². The molecule has 2 bridgehead atoms. The predicted octanol–water partition coefficient (Wildman–Crippen LogP) is 7.61. The molecule has 7 nitrogen and oxygen atoms in total. The fourth-order valence-electron chi connectivity index (χ4n) is 7.82. The zero-order valence-electron chi connectivity index (χ0n) is 27.1. The number of aromatic nitrogens is 1. The summed E-state index contributed by atoms with van der Waals surface area (Å²) in [7, 11) is 1.72. The third kappa shape index (κ3) is 7.25. The molecule has 0 radical (unpaired) electrons. The number of halogens is 3. The molecule has 0 unspecified atom stereocenters. The lowest BCUT2D eigenvalue weighted by Gasteiger charge is -2.40. The summed E-state index contributed by atoms with van der Waals surface area (Å²) >= 11 is 19.6. The number of ether oxygens (including phenoxy) is 2. The van der Waals surface area contributed by atoms with Gasteiger partial charge in [0.25, 0.3) is 0 Å². The fraction of sp³-hybridized carbons (Fsp3) is 0.514. The average Bonchev–Trinajstić information content (AvgIpc) is 3.68. The van der Waals surface area contributed by atoms with Gasteiger partial charge < -0.3 is 24.6 Å². The van der Waals surface area contributed by atoms with E-state index in [1.807, 2.05) is 31.3 Å². The maximum absolute atomic E-state index is 14.6. The summed E-state index contributed by atoms with van der Waals surface area (Å²) in [6.07, 6.45) is 8.82. The van der Waals surface area contributed by atoms with Gasteiger partial charge in [-0.1, -0.05) is 53.0 Å². The van der Waals surface area contributed by atoms with Crippen LogP contribution in [0.5, 0.6) is 5.75 Å². The summed E-state index contributed by atoms with van der Waals surface area (Å²) < 4.78 is 11.5. The van der Waals surface area contributed by atoms with E-state index in [0.717, 1.165) is 74.0 Å². The molecule has 250 valence electrons. The van der Waals surface area contributed by atoms with Gasteiger partial charge in [0.15, 0.2) is 5.75 Å². The summed E-state index contributed by atoms with van der Waals surface area (Å²) in [6, 6.07) is 15.1. The third-order valence-electron chi connectivity index (χ3n) is 10.4. The molecule has 1 aromatic heterocycles. The van der Waals surface area contributed by atoms with Gasteiger partial charge in [-0.25, -0.2) is 4.98 Å². The minimum absolute atomic E-state index is 0.0289. The molecule has 0 spiro atoms. The van der Waals surface area contributed by atoms with Crippen molar-refractivity contribution in [2.45, 2.75) is 88.6 Å². The number of nitrogens with zero attached hydrogens (tertiary/aromatic N) is 3. The number of hydrogen-bond acceptors (Lipinski definition) is 6. The lowest BCUT2D eigenvalue weighted by Crippen LogP contribution is -2.52. The Balaban J connectivity index is 1.07. The van der Waals surface area contributed by atoms with E-state index >= 15 is 0 Å². The fourth-order valence-corrected chi connectivity index (χ4v) is 8.68. The molecule has 1 saturated carbocycles. The van der Waals surface area contributed by atoms with Gasteiger partial charge in [-0.2, -0.15) is 0 Å². The molecule has 10 heteroatoms. The first kappa shape index (κ1) is 33.0. The summed E-state index contributed by atoms with van der Waals surface area (Å²) in [6.45, 7) is 4.70. The summed E-state index contributed by atoms with van der Waals surface area (Å²) in [5.41, 5.74) is 4.33. The Labute approximate surface area is 292 Å². The average molecular weight is 698 g/mol. The number of pyridine rings is 1. The molecular formula is C37H43Cl3N4O3. The maximum atomic E-state index is 14.6. The van der Waals surface area contributed by atoms with E-state index in [0.29, 0.717) is 46.6 Å². The number of nitrogens with one attached hydrogen (secondary N) is 1. The Morgan fingerprint density at radius 2 is 1.83 bits per heavy atom. The van der Waals surface area contributed by atoms with Crippen molar-refractivity contribution in [3.63, 3.8) is 0 Å². The first-order valence-corrected chi connectivity index (χ1v) is 18.1. The first-order valence-electron chi connectivity index (χ1n) is 16.9. The number of hydrogen-bond donors (Lipinski definition) is 1. The van der Waals surface area contributed by atoms with Gasteiger partial charge in [0, 0.05) is 56.0 Å². The molecular weight excluding hydrogens is 655 g/mol. The molecule has 7 rings (SSSR count). The van der Waals surface area contributed by atoms with Crippen LogP contribution in [-0.2, 0) is 22.5 Å². The molecule has 4 heterocycles. The number of piperidine rings is 1. The van der Waals surface area contributed by atoms with Crippen LogP contribution in [-0.4, -0.2) is 66.8 Å². The van der Waals surface area contributed by atoms with Gasteiger partial charge in [-0.15, -0.1) is 0 Å². The monoisotopic (exact) mass is 696 g/mol. The summed E-state index contributed by atoms with van der Waals surface area (Å²) in [5.74, 6) is 1.69. The smallest absolute Gasteiger partial charge is 0.228 e. The number of carbonyl (C=O) groups excluding carboxylic acids is 1. The second kappa shape index (κ2) is 14.1. The van der Waals surface area contributed by atoms with Gasteiger partial charge in [0.2, 0.25) is 5.91 Å². The van der Waals surface area contributed by atoms with Crippen LogP contribution < -0.4 is 15.0 Å². The number of fused-ring (bicyclic) bond motifs is 2. The van der Waals surface area contributed by atoms with Crippen molar-refractivity contribution in [2.75, 3.05) is 31.7 Å². The standard InChI is InChI=1S/C37H43Cl3N4O3/c1-22-15-31(39)36(32(40)16-22)47-28-11-13-43(21-28)34-10-4-24(19-41-34)29-18-26-5-9-33(42-26)35(29)37(45)44(27-6-7-27)20-25-17-23(12-14-46-2)3-8-30(25)38/h3-4,8,10,15-17,19,26-29,33,35,42H,5-7,9,11-14,18,20-21H2,1-2H3/t26-,28+,29+,33+,35+/m0/s1. The lowest BCUT2D eigenvalue weighted by atomic mass is 9.76. The van der Waals surface area contributed by atoms with Crippen molar-refractivity contribution < 1.29 is 14.3 Å². The first-order chi connectivity index (χ1) is 22.8. The lowest BCUT2D eigenvalue weighted by molar-refractivity contribution is -0.139.